The van der Waals surface area contributed by atoms with Crippen LogP contribution in [0.1, 0.15) is 20.3 Å². The lowest BCUT2D eigenvalue weighted by atomic mass is 10.2. The molecule has 19 heavy (non-hydrogen) atoms. The van der Waals surface area contributed by atoms with Gasteiger partial charge in [0, 0.05) is 24.5 Å². The summed E-state index contributed by atoms with van der Waals surface area (Å²) in [6, 6.07) is 7.81. The van der Waals surface area contributed by atoms with Crippen LogP contribution in [0.15, 0.2) is 24.3 Å². The van der Waals surface area contributed by atoms with Gasteiger partial charge >= 0.3 is 0 Å². The first-order valence-corrected chi connectivity index (χ1v) is 7.27. The zero-order chi connectivity index (χ0) is 14.0. The maximum absolute atomic E-state index is 11.8. The molecule has 1 aromatic rings. The van der Waals surface area contributed by atoms with Crippen LogP contribution >= 0.6 is 23.2 Å². The van der Waals surface area contributed by atoms with Crippen LogP contribution in [0.4, 0.5) is 11.4 Å². The van der Waals surface area contributed by atoms with Crippen LogP contribution in [0.5, 0.6) is 0 Å². The van der Waals surface area contributed by atoms with Crippen LogP contribution in [0, 0.1) is 5.92 Å². The number of nitrogens with zero attached hydrogens (tertiary/aromatic N) is 1. The summed E-state index contributed by atoms with van der Waals surface area (Å²) in [6.07, 6.45) is 0.527. The van der Waals surface area contributed by atoms with E-state index in [1.807, 2.05) is 24.3 Å². The molecule has 1 amide bonds. The smallest absolute Gasteiger partial charge is 0.230 e. The van der Waals surface area contributed by atoms with Gasteiger partial charge in [0.1, 0.15) is 4.33 Å². The maximum Gasteiger partial charge on any atom is 0.230 e. The summed E-state index contributed by atoms with van der Waals surface area (Å²) in [4.78, 5) is 14.1. The van der Waals surface area contributed by atoms with E-state index >= 15 is 0 Å². The fourth-order valence-electron chi connectivity index (χ4n) is 2.07. The van der Waals surface area contributed by atoms with Crippen LogP contribution in [-0.2, 0) is 4.79 Å². The van der Waals surface area contributed by atoms with Gasteiger partial charge in [-0.1, -0.05) is 0 Å². The molecule has 1 unspecified atom stereocenters. The number of carbonyl (C=O) groups excluding carboxylic acids is 1. The molecule has 0 aromatic heterocycles. The van der Waals surface area contributed by atoms with E-state index in [4.69, 9.17) is 23.2 Å². The van der Waals surface area contributed by atoms with E-state index < -0.39 is 4.33 Å². The Morgan fingerprint density at radius 1 is 1.32 bits per heavy atom. The Kier molecular flexibility index (Phi) is 4.26. The second kappa shape index (κ2) is 5.59. The van der Waals surface area contributed by atoms with E-state index in [1.165, 1.54) is 0 Å². The molecule has 2 rings (SSSR count). The number of hydrogen-bond acceptors (Lipinski definition) is 2. The van der Waals surface area contributed by atoms with Crippen molar-refractivity contribution in [3.05, 3.63) is 24.3 Å². The zero-order valence-corrected chi connectivity index (χ0v) is 12.6. The molecular weight excluding hydrogens is 283 g/mol. The normalized spacial score (nSPS) is 19.9. The molecule has 3 nitrogen and oxygen atoms in total. The molecule has 1 aromatic carbocycles. The van der Waals surface area contributed by atoms with E-state index in [1.54, 1.807) is 0 Å². The van der Waals surface area contributed by atoms with Gasteiger partial charge in [0.2, 0.25) is 5.91 Å². The number of benzene rings is 1. The third kappa shape index (κ3) is 3.34. The highest BCUT2D eigenvalue weighted by molar-refractivity contribution is 6.52. The molecular formula is C14H18Cl2N2O. The first-order chi connectivity index (χ1) is 8.97. The zero-order valence-electron chi connectivity index (χ0n) is 11.1. The number of rotatable bonds is 5. The first kappa shape index (κ1) is 14.5. The Morgan fingerprint density at radius 2 is 1.84 bits per heavy atom. The molecule has 1 fully saturated rings. The summed E-state index contributed by atoms with van der Waals surface area (Å²) in [6.45, 7) is 6.16. The van der Waals surface area contributed by atoms with Crippen LogP contribution < -0.4 is 10.2 Å². The predicted octanol–water partition coefficient (Wildman–Crippen LogP) is 3.67. The minimum Gasteiger partial charge on any atom is -0.372 e. The lowest BCUT2D eigenvalue weighted by Crippen LogP contribution is -2.21. The van der Waals surface area contributed by atoms with Gasteiger partial charge < -0.3 is 10.2 Å². The fraction of sp³-hybridized carbons (Fsp3) is 0.500. The minimum atomic E-state index is -0.870. The molecule has 0 spiro atoms. The van der Waals surface area contributed by atoms with Gasteiger partial charge in [-0.25, -0.2) is 0 Å². The fourth-order valence-corrected chi connectivity index (χ4v) is 2.58. The number of nitrogens with one attached hydrogen (secondary N) is 1. The Balaban J connectivity index is 1.97. The molecule has 1 N–H and O–H groups in total. The number of hydrogen-bond donors (Lipinski definition) is 1. The molecule has 1 atom stereocenters. The second-order valence-corrected chi connectivity index (χ2v) is 6.27. The van der Waals surface area contributed by atoms with Gasteiger partial charge in [0.15, 0.2) is 0 Å². The number of halogens is 2. The highest BCUT2D eigenvalue weighted by atomic mass is 35.5. The van der Waals surface area contributed by atoms with Crippen LogP contribution in [0.3, 0.4) is 0 Å². The van der Waals surface area contributed by atoms with Crippen LogP contribution in [0.2, 0.25) is 0 Å². The minimum absolute atomic E-state index is 0.111. The van der Waals surface area contributed by atoms with E-state index in [0.29, 0.717) is 6.42 Å². The Hall–Kier alpha value is -0.930. The summed E-state index contributed by atoms with van der Waals surface area (Å²) >= 11 is 11.7. The summed E-state index contributed by atoms with van der Waals surface area (Å²) < 4.78 is -0.870. The standard InChI is InChI=1S/C14H18Cl2N2O/c1-3-18(4-2)11-7-5-10(6-8-11)17-13(19)12-9-14(12,15)16/h5-8,12H,3-4,9H2,1-2H3,(H,17,19). The SMILES string of the molecule is CCN(CC)c1ccc(NC(=O)C2CC2(Cl)Cl)cc1. The quantitative estimate of drug-likeness (QED) is 0.842. The molecule has 5 heteroatoms. The molecule has 0 heterocycles. The van der Waals surface area contributed by atoms with Gasteiger partial charge in [-0.05, 0) is 44.5 Å². The van der Waals surface area contributed by atoms with Crippen molar-refractivity contribution in [1.82, 2.24) is 0 Å². The summed E-state index contributed by atoms with van der Waals surface area (Å²) in [5.41, 5.74) is 1.93. The van der Waals surface area contributed by atoms with Gasteiger partial charge in [-0.15, -0.1) is 23.2 Å². The molecule has 104 valence electrons. The van der Waals surface area contributed by atoms with E-state index in [9.17, 15) is 4.79 Å². The molecule has 1 aliphatic rings. The summed E-state index contributed by atoms with van der Waals surface area (Å²) in [5, 5.41) is 2.84. The first-order valence-electron chi connectivity index (χ1n) is 6.51. The Bertz CT molecular complexity index is 455. The molecule has 0 saturated heterocycles. The summed E-state index contributed by atoms with van der Waals surface area (Å²) in [7, 11) is 0. The molecule has 0 aliphatic heterocycles. The van der Waals surface area contributed by atoms with Gasteiger partial charge in [-0.2, -0.15) is 0 Å². The van der Waals surface area contributed by atoms with Gasteiger partial charge in [-0.3, -0.25) is 4.79 Å². The van der Waals surface area contributed by atoms with Crippen molar-refractivity contribution in [3.8, 4) is 0 Å². The average molecular weight is 301 g/mol. The van der Waals surface area contributed by atoms with Gasteiger partial charge in [0.05, 0.1) is 5.92 Å². The lowest BCUT2D eigenvalue weighted by molar-refractivity contribution is -0.117. The number of anilines is 2. The van der Waals surface area contributed by atoms with E-state index in [2.05, 4.69) is 24.1 Å². The average Bonchev–Trinajstić information content (AvgIpc) is 3.02. The highest BCUT2D eigenvalue weighted by Gasteiger charge is 2.56. The Morgan fingerprint density at radius 3 is 2.26 bits per heavy atom. The highest BCUT2D eigenvalue weighted by Crippen LogP contribution is 2.53. The van der Waals surface area contributed by atoms with Crippen molar-refractivity contribution < 1.29 is 4.79 Å². The van der Waals surface area contributed by atoms with Gasteiger partial charge in [0.25, 0.3) is 0 Å². The predicted molar refractivity (Wildman–Crippen MR) is 81.2 cm³/mol. The number of amides is 1. The molecule has 0 radical (unpaired) electrons. The topological polar surface area (TPSA) is 32.3 Å². The van der Waals surface area contributed by atoms with E-state index in [-0.39, 0.29) is 11.8 Å². The molecule has 1 aliphatic carbocycles. The Labute approximate surface area is 123 Å². The maximum atomic E-state index is 11.8. The molecule has 1 saturated carbocycles. The summed E-state index contributed by atoms with van der Waals surface area (Å²) in [5.74, 6) is -0.404. The van der Waals surface area contributed by atoms with Crippen molar-refractivity contribution in [2.45, 2.75) is 24.6 Å². The number of carbonyl (C=O) groups is 1. The lowest BCUT2D eigenvalue weighted by Gasteiger charge is -2.21. The number of alkyl halides is 2. The second-order valence-electron chi connectivity index (χ2n) is 4.73. The largest absolute Gasteiger partial charge is 0.372 e. The third-order valence-electron chi connectivity index (χ3n) is 3.41. The van der Waals surface area contributed by atoms with Crippen molar-refractivity contribution >= 4 is 40.5 Å². The van der Waals surface area contributed by atoms with E-state index in [0.717, 1.165) is 24.5 Å². The van der Waals surface area contributed by atoms with Crippen LogP contribution in [0.25, 0.3) is 0 Å². The van der Waals surface area contributed by atoms with Crippen LogP contribution in [-0.4, -0.2) is 23.3 Å². The molecule has 0 bridgehead atoms. The van der Waals surface area contributed by atoms with Crippen molar-refractivity contribution in [1.29, 1.82) is 0 Å². The van der Waals surface area contributed by atoms with Crippen molar-refractivity contribution in [2.75, 3.05) is 23.3 Å². The third-order valence-corrected chi connectivity index (χ3v) is 4.24. The van der Waals surface area contributed by atoms with Crippen molar-refractivity contribution in [2.24, 2.45) is 5.92 Å². The van der Waals surface area contributed by atoms with Crippen molar-refractivity contribution in [3.63, 3.8) is 0 Å². The monoisotopic (exact) mass is 300 g/mol.